The van der Waals surface area contributed by atoms with Gasteiger partial charge < -0.3 is 10.6 Å². The van der Waals surface area contributed by atoms with E-state index in [1.165, 1.54) is 0 Å². The molecule has 1 aromatic carbocycles. The Morgan fingerprint density at radius 1 is 1.08 bits per heavy atom. The zero-order chi connectivity index (χ0) is 18.2. The Morgan fingerprint density at radius 3 is 2.38 bits per heavy atom. The molecule has 0 unspecified atom stereocenters. The van der Waals surface area contributed by atoms with Gasteiger partial charge >= 0.3 is 0 Å². The lowest BCUT2D eigenvalue weighted by Crippen LogP contribution is -2.36. The smallest absolute Gasteiger partial charge is 0.239 e. The molecule has 0 saturated carbocycles. The molecule has 0 aliphatic carbocycles. The van der Waals surface area contributed by atoms with Gasteiger partial charge in [-0.05, 0) is 24.0 Å². The Balaban J connectivity index is 2.46. The molecule has 134 valence electrons. The molecule has 0 radical (unpaired) electrons. The molecular weight excluding hydrogens is 330 g/mol. The van der Waals surface area contributed by atoms with E-state index in [1.807, 2.05) is 13.8 Å². The van der Waals surface area contributed by atoms with Gasteiger partial charge in [0, 0.05) is 13.0 Å². The molecule has 0 atom stereocenters. The first-order valence-corrected chi connectivity index (χ1v) is 9.65. The van der Waals surface area contributed by atoms with Crippen molar-refractivity contribution in [2.45, 2.75) is 33.2 Å². The van der Waals surface area contributed by atoms with Crippen LogP contribution in [0.3, 0.4) is 0 Å². The van der Waals surface area contributed by atoms with Gasteiger partial charge in [0.15, 0.2) is 0 Å². The van der Waals surface area contributed by atoms with Gasteiger partial charge in [-0.1, -0.05) is 32.0 Å². The molecule has 1 aromatic rings. The van der Waals surface area contributed by atoms with Crippen molar-refractivity contribution in [3.8, 4) is 0 Å². The summed E-state index contributed by atoms with van der Waals surface area (Å²) in [5.74, 6) is -0.0523. The zero-order valence-electron chi connectivity index (χ0n) is 14.3. The van der Waals surface area contributed by atoms with Gasteiger partial charge in [0.1, 0.15) is 0 Å². The number of hydrogen-bond donors (Lipinski definition) is 3. The Hall–Kier alpha value is -2.09. The minimum atomic E-state index is -3.39. The van der Waals surface area contributed by atoms with Crippen molar-refractivity contribution in [2.75, 3.05) is 17.5 Å². The fourth-order valence-corrected chi connectivity index (χ4v) is 2.52. The normalized spacial score (nSPS) is 11.2. The second-order valence-electron chi connectivity index (χ2n) is 6.02. The highest BCUT2D eigenvalue weighted by Crippen LogP contribution is 2.15. The van der Waals surface area contributed by atoms with Crippen molar-refractivity contribution in [3.05, 3.63) is 29.8 Å². The van der Waals surface area contributed by atoms with Crippen LogP contribution in [0.4, 0.5) is 5.69 Å². The molecule has 0 saturated heterocycles. The summed E-state index contributed by atoms with van der Waals surface area (Å²) in [5.41, 5.74) is 1.06. The highest BCUT2D eigenvalue weighted by atomic mass is 32.2. The van der Waals surface area contributed by atoms with E-state index in [9.17, 15) is 18.0 Å². The van der Waals surface area contributed by atoms with Crippen LogP contribution in [-0.4, -0.2) is 33.0 Å². The summed E-state index contributed by atoms with van der Waals surface area (Å²) < 4.78 is 25.1. The van der Waals surface area contributed by atoms with E-state index in [0.717, 1.165) is 12.7 Å². The molecule has 0 aromatic heterocycles. The van der Waals surface area contributed by atoms with Crippen molar-refractivity contribution in [3.63, 3.8) is 0 Å². The van der Waals surface area contributed by atoms with Crippen LogP contribution in [0.25, 0.3) is 0 Å². The van der Waals surface area contributed by atoms with Crippen LogP contribution in [0.5, 0.6) is 0 Å². The summed E-state index contributed by atoms with van der Waals surface area (Å²) in [6.45, 7) is 4.13. The minimum absolute atomic E-state index is 0.0986. The van der Waals surface area contributed by atoms with E-state index in [-0.39, 0.29) is 24.9 Å². The second kappa shape index (κ2) is 9.27. The third-order valence-corrected chi connectivity index (χ3v) is 3.77. The standard InChI is InChI=1S/C16H25N3O4S/c1-12(2)8-9-15(20)18-11-16(21)17-10-13-6-4-5-7-14(13)19-24(3,22)23/h4-7,12,19H,8-11H2,1-3H3,(H,17,21)(H,18,20). The molecule has 0 bridgehead atoms. The zero-order valence-corrected chi connectivity index (χ0v) is 15.1. The topological polar surface area (TPSA) is 104 Å². The van der Waals surface area contributed by atoms with Crippen molar-refractivity contribution >= 4 is 27.5 Å². The Labute approximate surface area is 143 Å². The Bertz CT molecular complexity index is 672. The molecule has 2 amide bonds. The number of rotatable bonds is 9. The number of nitrogens with one attached hydrogen (secondary N) is 3. The summed E-state index contributed by atoms with van der Waals surface area (Å²) in [6, 6.07) is 6.79. The molecule has 24 heavy (non-hydrogen) atoms. The molecule has 7 nitrogen and oxygen atoms in total. The van der Waals surface area contributed by atoms with Crippen molar-refractivity contribution < 1.29 is 18.0 Å². The summed E-state index contributed by atoms with van der Waals surface area (Å²) >= 11 is 0. The number of sulfonamides is 1. The molecule has 3 N–H and O–H groups in total. The van der Waals surface area contributed by atoms with Crippen molar-refractivity contribution in [1.29, 1.82) is 0 Å². The molecule has 8 heteroatoms. The van der Waals surface area contributed by atoms with E-state index in [4.69, 9.17) is 0 Å². The number of benzene rings is 1. The first kappa shape index (κ1) is 20.0. The average molecular weight is 355 g/mol. The fraction of sp³-hybridized carbons (Fsp3) is 0.500. The van der Waals surface area contributed by atoms with Crippen LogP contribution in [0.15, 0.2) is 24.3 Å². The third-order valence-electron chi connectivity index (χ3n) is 3.18. The van der Waals surface area contributed by atoms with Crippen LogP contribution in [0, 0.1) is 5.92 Å². The molecule has 0 aliphatic heterocycles. The molecule has 0 fully saturated rings. The van der Waals surface area contributed by atoms with E-state index < -0.39 is 10.0 Å². The van der Waals surface area contributed by atoms with Crippen molar-refractivity contribution in [1.82, 2.24) is 10.6 Å². The van der Waals surface area contributed by atoms with Crippen molar-refractivity contribution in [2.24, 2.45) is 5.92 Å². The highest BCUT2D eigenvalue weighted by Gasteiger charge is 2.09. The van der Waals surface area contributed by atoms with E-state index >= 15 is 0 Å². The summed E-state index contributed by atoms with van der Waals surface area (Å²) in [4.78, 5) is 23.4. The number of amides is 2. The number of carbonyl (C=O) groups is 2. The summed E-state index contributed by atoms with van der Waals surface area (Å²) in [6.07, 6.45) is 2.24. The Kier molecular flexibility index (Phi) is 7.70. The quantitative estimate of drug-likeness (QED) is 0.619. The lowest BCUT2D eigenvalue weighted by Gasteiger charge is -2.12. The van der Waals surface area contributed by atoms with Gasteiger partial charge in [-0.3, -0.25) is 14.3 Å². The predicted molar refractivity (Wildman–Crippen MR) is 93.8 cm³/mol. The summed E-state index contributed by atoms with van der Waals surface area (Å²) in [5, 5.41) is 5.22. The lowest BCUT2D eigenvalue weighted by molar-refractivity contribution is -0.126. The van der Waals surface area contributed by atoms with Crippen LogP contribution in [0.1, 0.15) is 32.3 Å². The van der Waals surface area contributed by atoms with Gasteiger partial charge in [-0.25, -0.2) is 8.42 Å². The van der Waals surface area contributed by atoms with E-state index in [1.54, 1.807) is 24.3 Å². The first-order valence-electron chi connectivity index (χ1n) is 7.76. The van der Waals surface area contributed by atoms with Gasteiger partial charge in [0.05, 0.1) is 18.5 Å². The first-order chi connectivity index (χ1) is 11.2. The second-order valence-corrected chi connectivity index (χ2v) is 7.77. The number of para-hydroxylation sites is 1. The minimum Gasteiger partial charge on any atom is -0.350 e. The Morgan fingerprint density at radius 2 is 1.75 bits per heavy atom. The summed E-state index contributed by atoms with van der Waals surface area (Å²) in [7, 11) is -3.39. The molecule has 0 spiro atoms. The molecule has 0 heterocycles. The third kappa shape index (κ3) is 8.52. The number of carbonyl (C=O) groups excluding carboxylic acids is 2. The maximum absolute atomic E-state index is 11.8. The maximum atomic E-state index is 11.8. The van der Waals surface area contributed by atoms with Crippen LogP contribution in [-0.2, 0) is 26.2 Å². The van der Waals surface area contributed by atoms with Gasteiger partial charge in [-0.2, -0.15) is 0 Å². The van der Waals surface area contributed by atoms with Gasteiger partial charge in [0.25, 0.3) is 0 Å². The molecule has 1 rings (SSSR count). The largest absolute Gasteiger partial charge is 0.350 e. The van der Waals surface area contributed by atoms with Crippen LogP contribution >= 0.6 is 0 Å². The number of hydrogen-bond acceptors (Lipinski definition) is 4. The highest BCUT2D eigenvalue weighted by molar-refractivity contribution is 7.92. The predicted octanol–water partition coefficient (Wildman–Crippen LogP) is 1.23. The fourth-order valence-electron chi connectivity index (χ4n) is 1.92. The van der Waals surface area contributed by atoms with Gasteiger partial charge in [0.2, 0.25) is 21.8 Å². The van der Waals surface area contributed by atoms with Crippen LogP contribution in [0.2, 0.25) is 0 Å². The average Bonchev–Trinajstić information content (AvgIpc) is 2.48. The maximum Gasteiger partial charge on any atom is 0.239 e. The molecule has 0 aliphatic rings. The SMILES string of the molecule is CC(C)CCC(=O)NCC(=O)NCc1ccccc1NS(C)(=O)=O. The number of anilines is 1. The molecular formula is C16H25N3O4S. The monoisotopic (exact) mass is 355 g/mol. The van der Waals surface area contributed by atoms with E-state index in [0.29, 0.717) is 23.6 Å². The lowest BCUT2D eigenvalue weighted by atomic mass is 10.1. The van der Waals surface area contributed by atoms with E-state index in [2.05, 4.69) is 15.4 Å². The van der Waals surface area contributed by atoms with Crippen LogP contribution < -0.4 is 15.4 Å². The van der Waals surface area contributed by atoms with Gasteiger partial charge in [-0.15, -0.1) is 0 Å².